The van der Waals surface area contributed by atoms with Crippen LogP contribution in [0.2, 0.25) is 0 Å². The van der Waals surface area contributed by atoms with Gasteiger partial charge in [0.25, 0.3) is 0 Å². The number of aromatic nitrogens is 4. The van der Waals surface area contributed by atoms with Crippen LogP contribution in [0.1, 0.15) is 66.8 Å². The lowest BCUT2D eigenvalue weighted by molar-refractivity contribution is -0.660. The van der Waals surface area contributed by atoms with Crippen molar-refractivity contribution in [1.82, 2.24) is 0 Å². The number of aryl methyl sites for hydroxylation is 16. The van der Waals surface area contributed by atoms with Crippen molar-refractivity contribution < 1.29 is 35.9 Å². The van der Waals surface area contributed by atoms with E-state index in [-0.39, 0.29) is 0 Å². The number of hydrogen-bond donors (Lipinski definition) is 0. The number of fused-ring (bicyclic) bond motifs is 16. The van der Waals surface area contributed by atoms with Gasteiger partial charge in [-0.05, 0) is 253 Å². The Bertz CT molecular complexity index is 8810. The second-order valence-electron chi connectivity index (χ2n) is 36.6. The third-order valence-electron chi connectivity index (χ3n) is 27.1. The Balaban J connectivity index is 0.000000106. The van der Waals surface area contributed by atoms with Gasteiger partial charge in [-0.15, -0.1) is 0 Å². The van der Waals surface area contributed by atoms with E-state index in [1.165, 1.54) is 187 Å². The van der Waals surface area contributed by atoms with Gasteiger partial charge in [-0.25, -0.2) is 18.3 Å². The van der Waals surface area contributed by atoms with Gasteiger partial charge >= 0.3 is 0 Å². The number of hydrogen-bond acceptors (Lipinski definition) is 4. The standard InChI is InChI=1S/C32H28NO.2C31H26NO.C30H24NO/c1-19-11-12-24-16-29-27(15-25(24)13-19)30-20(2)14-21(3)31(32(30)34-29)28-17-26(22(4)18-33(28)5)23-9-7-6-8-10-23;1-19-14-20(2)30(27-17-25(21(3)18-32(27)4)22-10-6-5-7-11-22)31-29(19)26-15-23-12-8-9-13-24(23)16-28(26)33-31;1-19-10-12-23-16-29-27(15-24(23)14-19)25-13-11-20(2)30(31(25)33-29)28-17-26(21(3)18-32(28)4)22-8-6-5-7-9-22;1-19-9-11-22-18-28-26(16-24(22)15-19)25-12-10-20(2)29(30(25)32-28)27-17-23(13-14-31(27)3)21-7-5-4-6-8-21/h6-18H,1-5H3;2*5-18H,1-4H3;4-18H,1-3H3/q4*+1. The van der Waals surface area contributed by atoms with Crippen LogP contribution in [-0.4, -0.2) is 0 Å². The summed E-state index contributed by atoms with van der Waals surface area (Å²) in [6, 6.07) is 113. The van der Waals surface area contributed by atoms with E-state index in [4.69, 9.17) is 17.7 Å². The fraction of sp³-hybridized carbons (Fsp3) is 0.129. The van der Waals surface area contributed by atoms with Crippen LogP contribution in [0.25, 0.3) is 220 Å². The van der Waals surface area contributed by atoms with Crippen LogP contribution in [-0.2, 0) is 28.2 Å². The van der Waals surface area contributed by atoms with Crippen molar-refractivity contribution in [2.75, 3.05) is 0 Å². The van der Waals surface area contributed by atoms with Crippen LogP contribution < -0.4 is 18.3 Å². The first-order chi connectivity index (χ1) is 64.0. The van der Waals surface area contributed by atoms with Gasteiger partial charge in [0.15, 0.2) is 24.8 Å². The Morgan fingerprint density at radius 2 is 0.492 bits per heavy atom. The Kier molecular flexibility index (Phi) is 21.1. The molecule has 24 rings (SSSR count). The average molecular weight is 1710 g/mol. The number of pyridine rings is 4. The van der Waals surface area contributed by atoms with E-state index in [9.17, 15) is 0 Å². The van der Waals surface area contributed by atoms with Gasteiger partial charge in [0.2, 0.25) is 22.8 Å². The van der Waals surface area contributed by atoms with Gasteiger partial charge in [0.05, 0.1) is 22.3 Å². The molecule has 0 aliphatic rings. The maximum absolute atomic E-state index is 6.66. The summed E-state index contributed by atoms with van der Waals surface area (Å²) in [7, 11) is 8.47. The van der Waals surface area contributed by atoms with Crippen LogP contribution in [0.3, 0.4) is 0 Å². The van der Waals surface area contributed by atoms with Gasteiger partial charge in [-0.1, -0.05) is 253 Å². The lowest BCUT2D eigenvalue weighted by Crippen LogP contribution is -2.31. The predicted molar refractivity (Wildman–Crippen MR) is 550 cm³/mol. The topological polar surface area (TPSA) is 68.1 Å². The van der Waals surface area contributed by atoms with Crippen LogP contribution in [0.4, 0.5) is 0 Å². The summed E-state index contributed by atoms with van der Waals surface area (Å²) in [5.41, 5.74) is 41.6. The first-order valence-electron chi connectivity index (χ1n) is 45.7. The molecule has 0 aliphatic carbocycles. The summed E-state index contributed by atoms with van der Waals surface area (Å²) in [6.07, 6.45) is 8.80. The largest absolute Gasteiger partial charge is 0.455 e. The van der Waals surface area contributed by atoms with Crippen LogP contribution in [0, 0.1) is 83.1 Å². The number of benzene rings is 16. The van der Waals surface area contributed by atoms with E-state index in [0.29, 0.717) is 0 Å². The maximum Gasteiger partial charge on any atom is 0.216 e. The van der Waals surface area contributed by atoms with E-state index in [0.717, 1.165) is 100 Å². The molecule has 0 amide bonds. The molecule has 0 atom stereocenters. The molecule has 8 heterocycles. The predicted octanol–water partition coefficient (Wildman–Crippen LogP) is 31.3. The molecule has 0 spiro atoms. The molecule has 0 N–H and O–H groups in total. The highest BCUT2D eigenvalue weighted by Crippen LogP contribution is 2.47. The number of nitrogens with zero attached hydrogens (tertiary/aromatic N) is 4. The molecule has 0 bridgehead atoms. The summed E-state index contributed by atoms with van der Waals surface area (Å²) < 4.78 is 35.3. The summed E-state index contributed by atoms with van der Waals surface area (Å²) in [5, 5.41) is 19.3. The van der Waals surface area contributed by atoms with Crippen molar-refractivity contribution in [1.29, 1.82) is 0 Å². The molecular formula is C124H104N4O4+4. The SMILES string of the molecule is Cc1c[n+](C)c(-c2c(C)cc(C)c3c2oc2cc4ccccc4cc23)cc1-c1ccccc1.Cc1ccc2cc3oc4c(-c5cc(-c6ccccc6)c(C)c[n+]5C)c(C)cc(C)c4c3cc2c1.Cc1ccc2cc3oc4c(-c5cc(-c6ccccc6)c(C)c[n+]5C)c(C)ccc4c3cc2c1.Cc1ccc2cc3oc4c(-c5cc(-c6ccccc6)cc[n+]5C)c(C)ccc4c3cc2c1. The molecule has 24 aromatic rings. The third-order valence-corrected chi connectivity index (χ3v) is 27.1. The summed E-state index contributed by atoms with van der Waals surface area (Å²) in [4.78, 5) is 0. The van der Waals surface area contributed by atoms with Gasteiger partial charge in [0.1, 0.15) is 72.9 Å². The van der Waals surface area contributed by atoms with Crippen molar-refractivity contribution in [3.05, 3.63) is 407 Å². The quantitative estimate of drug-likeness (QED) is 0.142. The van der Waals surface area contributed by atoms with Gasteiger partial charge < -0.3 is 17.7 Å². The second kappa shape index (κ2) is 33.5. The van der Waals surface area contributed by atoms with Crippen LogP contribution in [0.15, 0.2) is 358 Å². The first-order valence-corrected chi connectivity index (χ1v) is 45.7. The molecule has 8 aromatic heterocycles. The van der Waals surface area contributed by atoms with Crippen molar-refractivity contribution in [3.63, 3.8) is 0 Å². The molecule has 0 aliphatic heterocycles. The average Bonchev–Trinajstić information content (AvgIpc) is 1.59. The van der Waals surface area contributed by atoms with Gasteiger partial charge in [0, 0.05) is 90.1 Å². The summed E-state index contributed by atoms with van der Waals surface area (Å²) >= 11 is 0. The monoisotopic (exact) mass is 1710 g/mol. The van der Waals surface area contributed by atoms with Gasteiger partial charge in [-0.2, -0.15) is 0 Å². The van der Waals surface area contributed by atoms with Crippen LogP contribution >= 0.6 is 0 Å². The highest BCUT2D eigenvalue weighted by atomic mass is 16.3. The Morgan fingerprint density at radius 1 is 0.189 bits per heavy atom. The molecule has 16 aromatic carbocycles. The lowest BCUT2D eigenvalue weighted by Gasteiger charge is -2.11. The fourth-order valence-electron chi connectivity index (χ4n) is 20.6. The molecule has 0 unspecified atom stereocenters. The molecule has 0 saturated heterocycles. The van der Waals surface area contributed by atoms with Crippen molar-refractivity contribution in [2.45, 2.75) is 83.1 Å². The van der Waals surface area contributed by atoms with Crippen molar-refractivity contribution in [2.24, 2.45) is 28.2 Å². The number of furan rings is 4. The third kappa shape index (κ3) is 15.0. The summed E-state index contributed by atoms with van der Waals surface area (Å²) in [5.74, 6) is 0. The molecule has 8 nitrogen and oxygen atoms in total. The smallest absolute Gasteiger partial charge is 0.216 e. The second-order valence-corrected chi connectivity index (χ2v) is 36.6. The zero-order valence-electron chi connectivity index (χ0n) is 77.8. The molecule has 0 fully saturated rings. The lowest BCUT2D eigenvalue weighted by atomic mass is 9.94. The molecule has 640 valence electrons. The minimum atomic E-state index is 0.935. The maximum atomic E-state index is 6.66. The van der Waals surface area contributed by atoms with Crippen molar-refractivity contribution >= 4 is 131 Å². The highest BCUT2D eigenvalue weighted by Gasteiger charge is 2.30. The van der Waals surface area contributed by atoms with E-state index in [1.54, 1.807) is 0 Å². The van der Waals surface area contributed by atoms with E-state index in [1.807, 2.05) is 0 Å². The highest BCUT2D eigenvalue weighted by molar-refractivity contribution is 6.18. The molecule has 0 radical (unpaired) electrons. The summed E-state index contributed by atoms with van der Waals surface area (Å²) in [6.45, 7) is 26.0. The zero-order valence-corrected chi connectivity index (χ0v) is 77.8. The normalized spacial score (nSPS) is 11.6. The van der Waals surface area contributed by atoms with Crippen molar-refractivity contribution in [3.8, 4) is 89.5 Å². The minimum absolute atomic E-state index is 0.935. The zero-order chi connectivity index (χ0) is 90.8. The van der Waals surface area contributed by atoms with E-state index < -0.39 is 0 Å². The molecule has 0 saturated carbocycles. The first kappa shape index (κ1) is 83.3. The Hall–Kier alpha value is -15.6. The van der Waals surface area contributed by atoms with E-state index >= 15 is 0 Å². The van der Waals surface area contributed by atoms with Gasteiger partial charge in [-0.3, -0.25) is 0 Å². The molecule has 132 heavy (non-hydrogen) atoms. The Labute approximate surface area is 769 Å². The van der Waals surface area contributed by atoms with E-state index in [2.05, 4.69) is 470 Å². The number of rotatable bonds is 8. The minimum Gasteiger partial charge on any atom is -0.455 e. The van der Waals surface area contributed by atoms with Crippen LogP contribution in [0.5, 0.6) is 0 Å². The Morgan fingerprint density at radius 3 is 0.871 bits per heavy atom. The fourth-order valence-corrected chi connectivity index (χ4v) is 20.6. The molecule has 8 heteroatoms. The molecular weight excluding hydrogens is 1610 g/mol.